The molecule has 0 aliphatic carbocycles. The van der Waals surface area contributed by atoms with Crippen molar-refractivity contribution >= 4 is 118 Å². The average Bonchev–Trinajstić information content (AvgIpc) is 3.35. The second-order valence-electron chi connectivity index (χ2n) is 15.6. The summed E-state index contributed by atoms with van der Waals surface area (Å²) in [5, 5.41) is 41.6. The molecule has 384 valence electrons. The molecular formula is C45H32N8O17S5. The molecule has 0 aliphatic rings. The summed E-state index contributed by atoms with van der Waals surface area (Å²) in [5.74, 6) is -2.28. The van der Waals surface area contributed by atoms with Gasteiger partial charge in [0.2, 0.25) is 9.84 Å². The Hall–Kier alpha value is -8.46. The number of nitrogens with zero attached hydrogens (tertiary/aromatic N) is 6. The minimum absolute atomic E-state index is 0.0191. The number of anilines is 2. The molecule has 2 aromatic heterocycles. The number of sulfone groups is 1. The Balaban J connectivity index is 0.957. The molecule has 0 spiro atoms. The number of fused-ring (bicyclic) bond motifs is 2. The molecule has 0 saturated carbocycles. The summed E-state index contributed by atoms with van der Waals surface area (Å²) in [4.78, 5) is 17.6. The predicted molar refractivity (Wildman–Crippen MR) is 266 cm³/mol. The lowest BCUT2D eigenvalue weighted by atomic mass is 10.1. The number of hydrogen-bond donors (Lipinski definition) is 8. The lowest BCUT2D eigenvalue weighted by molar-refractivity contribution is 0.102. The molecule has 8 rings (SSSR count). The standard InChI is InChI=1S/C45H32N8O17S5/c1-24(31-16-10-27(20-37(31)72(59,60)61)51-53-36-22-39(74(65,66)67)32-4-2-19-47-42(32)44(36)55)48-25-6-12-29(13-7-25)71(57,58)30-14-8-26(9-15-30)49-45(56)33-17-11-28(21-38(33)73(62,63)64)50-52-35-23-40(75(68,69)70)41-34(43(35)54)5-3-18-46-41/h2-23,48,54-55H,1H2,(H,49,56)(H,59,60,61)(H,62,63,64)(H,65,66,67)(H,68,69,70). The van der Waals surface area contributed by atoms with E-state index >= 15 is 0 Å². The fourth-order valence-electron chi connectivity index (χ4n) is 7.18. The molecule has 0 radical (unpaired) electrons. The van der Waals surface area contributed by atoms with Crippen molar-refractivity contribution in [3.05, 3.63) is 151 Å². The molecule has 0 aliphatic heterocycles. The van der Waals surface area contributed by atoms with Crippen LogP contribution in [0.4, 0.5) is 34.1 Å². The van der Waals surface area contributed by atoms with Crippen LogP contribution in [-0.2, 0) is 50.3 Å². The maximum absolute atomic E-state index is 13.6. The molecule has 25 nitrogen and oxygen atoms in total. The number of carbonyl (C=O) groups is 1. The number of carbonyl (C=O) groups excluding carboxylic acids is 1. The van der Waals surface area contributed by atoms with E-state index in [9.17, 15) is 75.3 Å². The Morgan fingerprint density at radius 3 is 1.43 bits per heavy atom. The van der Waals surface area contributed by atoms with Crippen LogP contribution < -0.4 is 10.6 Å². The number of amides is 1. The van der Waals surface area contributed by atoms with Gasteiger partial charge in [-0.15, -0.1) is 10.2 Å². The number of phenolic OH excluding ortho intramolecular Hbond substituents is 2. The molecule has 0 atom stereocenters. The molecule has 2 heterocycles. The summed E-state index contributed by atoms with van der Waals surface area (Å²) < 4.78 is 165. The Morgan fingerprint density at radius 1 is 0.467 bits per heavy atom. The summed E-state index contributed by atoms with van der Waals surface area (Å²) in [5.41, 5.74) is -2.64. The van der Waals surface area contributed by atoms with Gasteiger partial charge >= 0.3 is 0 Å². The maximum Gasteiger partial charge on any atom is 0.296 e. The third-order valence-electron chi connectivity index (χ3n) is 10.7. The largest absolute Gasteiger partial charge is 0.505 e. The Morgan fingerprint density at radius 2 is 0.907 bits per heavy atom. The number of pyridine rings is 2. The van der Waals surface area contributed by atoms with Crippen LogP contribution in [0.2, 0.25) is 0 Å². The van der Waals surface area contributed by atoms with E-state index in [1.165, 1.54) is 85.2 Å². The van der Waals surface area contributed by atoms with E-state index in [0.717, 1.165) is 48.5 Å². The lowest BCUT2D eigenvalue weighted by Crippen LogP contribution is -2.16. The topological polar surface area (TPSA) is 408 Å². The highest BCUT2D eigenvalue weighted by Gasteiger charge is 2.26. The van der Waals surface area contributed by atoms with E-state index in [0.29, 0.717) is 0 Å². The molecular weight excluding hydrogens is 1080 g/mol. The van der Waals surface area contributed by atoms with Crippen LogP contribution in [0, 0.1) is 0 Å². The summed E-state index contributed by atoms with van der Waals surface area (Å²) >= 11 is 0. The lowest BCUT2D eigenvalue weighted by Gasteiger charge is -2.14. The van der Waals surface area contributed by atoms with Crippen molar-refractivity contribution < 1.29 is 75.3 Å². The van der Waals surface area contributed by atoms with Crippen molar-refractivity contribution in [2.24, 2.45) is 20.5 Å². The summed E-state index contributed by atoms with van der Waals surface area (Å²) in [7, 11) is -24.1. The van der Waals surface area contributed by atoms with Gasteiger partial charge in [-0.25, -0.2) is 8.42 Å². The smallest absolute Gasteiger partial charge is 0.296 e. The molecule has 30 heteroatoms. The molecule has 75 heavy (non-hydrogen) atoms. The van der Waals surface area contributed by atoms with Gasteiger partial charge < -0.3 is 20.8 Å². The van der Waals surface area contributed by atoms with Gasteiger partial charge in [-0.2, -0.15) is 43.9 Å². The van der Waals surface area contributed by atoms with Crippen LogP contribution in [0.15, 0.2) is 190 Å². The minimum Gasteiger partial charge on any atom is -0.505 e. The quantitative estimate of drug-likeness (QED) is 0.0354. The zero-order chi connectivity index (χ0) is 54.4. The molecule has 0 bridgehead atoms. The van der Waals surface area contributed by atoms with Gasteiger partial charge in [-0.05, 0) is 121 Å². The number of benzene rings is 6. The van der Waals surface area contributed by atoms with Gasteiger partial charge in [-0.1, -0.05) is 6.58 Å². The summed E-state index contributed by atoms with van der Waals surface area (Å²) in [6.45, 7) is 3.82. The molecule has 0 unspecified atom stereocenters. The van der Waals surface area contributed by atoms with Gasteiger partial charge in [-0.3, -0.25) is 33.0 Å². The molecule has 1 amide bonds. The van der Waals surface area contributed by atoms with Gasteiger partial charge in [0.1, 0.15) is 36.5 Å². The zero-order valence-corrected chi connectivity index (χ0v) is 41.4. The Labute approximate surface area is 424 Å². The Bertz CT molecular complexity index is 4100. The fraction of sp³-hybridized carbons (Fsp3) is 0. The molecule has 6 aromatic carbocycles. The zero-order valence-electron chi connectivity index (χ0n) is 37.3. The SMILES string of the molecule is C=C(Nc1ccc(S(=O)(=O)c2ccc(NC(=O)c3ccc(N=Nc4cc(S(=O)(=O)O)c5ncccc5c4O)cc3S(=O)(=O)O)cc2)cc1)c1ccc(N=Nc2cc(S(=O)(=O)O)c3cccnc3c2O)cc1S(=O)(=O)O. The molecule has 0 saturated heterocycles. The third-order valence-corrected chi connectivity index (χ3v) is 16.0. The van der Waals surface area contributed by atoms with Crippen LogP contribution in [0.25, 0.3) is 27.5 Å². The van der Waals surface area contributed by atoms with Crippen LogP contribution in [0.1, 0.15) is 15.9 Å². The highest BCUT2D eigenvalue weighted by molar-refractivity contribution is 7.91. The van der Waals surface area contributed by atoms with E-state index in [-0.39, 0.29) is 65.6 Å². The molecule has 0 fully saturated rings. The number of azo groups is 2. The minimum atomic E-state index is -5.14. The first kappa shape index (κ1) is 52.9. The fourth-order valence-corrected chi connectivity index (χ4v) is 11.3. The first-order valence-electron chi connectivity index (χ1n) is 20.6. The van der Waals surface area contributed by atoms with Crippen LogP contribution in [0.3, 0.4) is 0 Å². The maximum atomic E-state index is 13.6. The highest BCUT2D eigenvalue weighted by Crippen LogP contribution is 2.41. The Kier molecular flexibility index (Phi) is 13.9. The van der Waals surface area contributed by atoms with E-state index in [2.05, 4.69) is 47.6 Å². The van der Waals surface area contributed by atoms with E-state index in [4.69, 9.17) is 0 Å². The first-order chi connectivity index (χ1) is 35.1. The van der Waals surface area contributed by atoms with Crippen LogP contribution >= 0.6 is 0 Å². The van der Waals surface area contributed by atoms with Gasteiger partial charge in [0.25, 0.3) is 46.4 Å². The number of hydrogen-bond acceptors (Lipinski definition) is 20. The van der Waals surface area contributed by atoms with Crippen molar-refractivity contribution in [1.82, 2.24) is 9.97 Å². The summed E-state index contributed by atoms with van der Waals surface area (Å²) in [6.07, 6.45) is 2.47. The van der Waals surface area contributed by atoms with E-state index in [1.807, 2.05) is 0 Å². The van der Waals surface area contributed by atoms with Crippen molar-refractivity contribution in [1.29, 1.82) is 0 Å². The van der Waals surface area contributed by atoms with Crippen molar-refractivity contribution in [2.75, 3.05) is 10.6 Å². The van der Waals surface area contributed by atoms with Gasteiger partial charge in [0.15, 0.2) is 11.5 Å². The summed E-state index contributed by atoms with van der Waals surface area (Å²) in [6, 6.07) is 22.8. The molecule has 8 N–H and O–H groups in total. The van der Waals surface area contributed by atoms with Gasteiger partial charge in [0, 0.05) is 45.8 Å². The first-order valence-corrected chi connectivity index (χ1v) is 27.8. The van der Waals surface area contributed by atoms with E-state index < -0.39 is 104 Å². The number of rotatable bonds is 15. The molecule has 8 aromatic rings. The van der Waals surface area contributed by atoms with Gasteiger partial charge in [0.05, 0.1) is 32.2 Å². The van der Waals surface area contributed by atoms with Crippen LogP contribution in [-0.4, -0.2) is 86.4 Å². The van der Waals surface area contributed by atoms with Crippen LogP contribution in [0.5, 0.6) is 11.5 Å². The number of aromatic nitrogens is 2. The second-order valence-corrected chi connectivity index (χ2v) is 23.1. The highest BCUT2D eigenvalue weighted by atomic mass is 32.2. The second kappa shape index (κ2) is 19.8. The average molecular weight is 1120 g/mol. The predicted octanol–water partition coefficient (Wildman–Crippen LogP) is 8.18. The van der Waals surface area contributed by atoms with Crippen molar-refractivity contribution in [3.63, 3.8) is 0 Å². The van der Waals surface area contributed by atoms with Crippen molar-refractivity contribution in [2.45, 2.75) is 29.4 Å². The number of phenols is 2. The third kappa shape index (κ3) is 11.2. The number of nitrogens with one attached hydrogen (secondary N) is 2. The number of aromatic hydroxyl groups is 2. The normalized spacial score (nSPS) is 12.6. The van der Waals surface area contributed by atoms with Crippen molar-refractivity contribution in [3.8, 4) is 11.5 Å². The van der Waals surface area contributed by atoms with E-state index in [1.54, 1.807) is 0 Å². The monoisotopic (exact) mass is 1120 g/mol.